The second-order valence-corrected chi connectivity index (χ2v) is 9.52. The van der Waals surface area contributed by atoms with Crippen LogP contribution in [0, 0.1) is 0 Å². The van der Waals surface area contributed by atoms with Crippen LogP contribution in [-0.2, 0) is 9.47 Å². The van der Waals surface area contributed by atoms with Crippen molar-refractivity contribution in [1.29, 1.82) is 0 Å². The molecule has 0 aliphatic rings. The van der Waals surface area contributed by atoms with Crippen LogP contribution in [0.4, 0.5) is 5.69 Å². The van der Waals surface area contributed by atoms with Crippen molar-refractivity contribution < 1.29 is 14.3 Å². The summed E-state index contributed by atoms with van der Waals surface area (Å²) in [5.74, 6) is -0.116. The Bertz CT molecular complexity index is 630. The van der Waals surface area contributed by atoms with Crippen molar-refractivity contribution in [1.82, 2.24) is 5.32 Å². The van der Waals surface area contributed by atoms with Gasteiger partial charge in [0.25, 0.3) is 5.91 Å². The number of ether oxygens (including phenoxy) is 2. The van der Waals surface area contributed by atoms with Gasteiger partial charge in [0, 0.05) is 38.3 Å². The number of rotatable bonds is 11. The molecular weight excluding hydrogens is 366 g/mol. The van der Waals surface area contributed by atoms with Crippen LogP contribution in [0.5, 0.6) is 0 Å². The van der Waals surface area contributed by atoms with Crippen LogP contribution >= 0.6 is 0 Å². The summed E-state index contributed by atoms with van der Waals surface area (Å²) in [4.78, 5) is 14.7. The number of amides is 1. The van der Waals surface area contributed by atoms with Crippen molar-refractivity contribution in [3.63, 3.8) is 0 Å². The van der Waals surface area contributed by atoms with Crippen LogP contribution in [0.3, 0.4) is 0 Å². The Kier molecular flexibility index (Phi) is 9.12. The summed E-state index contributed by atoms with van der Waals surface area (Å²) in [6.07, 6.45) is 1.50. The van der Waals surface area contributed by atoms with Crippen LogP contribution in [0.15, 0.2) is 24.3 Å². The number of nitrogens with one attached hydrogen (secondary N) is 1. The quantitative estimate of drug-likeness (QED) is 0.586. The number of nitrogens with zero attached hydrogens (tertiary/aromatic N) is 1. The van der Waals surface area contributed by atoms with Gasteiger partial charge in [-0.1, -0.05) is 6.92 Å². The first-order valence-electron chi connectivity index (χ1n) is 10.4. The highest BCUT2D eigenvalue weighted by Gasteiger charge is 2.32. The van der Waals surface area contributed by atoms with E-state index in [1.165, 1.54) is 0 Å². The summed E-state index contributed by atoms with van der Waals surface area (Å²) in [7, 11) is 3.94. The molecule has 0 radical (unpaired) electrons. The third-order valence-electron chi connectivity index (χ3n) is 4.95. The second-order valence-electron chi connectivity index (χ2n) is 9.52. The molecule has 0 aliphatic carbocycles. The Labute approximate surface area is 177 Å². The number of hydrogen-bond donors (Lipinski definition) is 2. The molecule has 0 bridgehead atoms. The zero-order valence-electron chi connectivity index (χ0n) is 19.6. The number of anilines is 1. The Hall–Kier alpha value is -1.63. The molecule has 1 amide bonds. The first-order chi connectivity index (χ1) is 13.3. The summed E-state index contributed by atoms with van der Waals surface area (Å²) in [5, 5.41) is 3.07. The molecule has 1 rings (SSSR count). The monoisotopic (exact) mass is 407 g/mol. The van der Waals surface area contributed by atoms with Crippen LogP contribution in [-0.4, -0.2) is 56.5 Å². The number of carbonyl (C=O) groups excluding carboxylic acids is 1. The van der Waals surface area contributed by atoms with Crippen molar-refractivity contribution in [2.45, 2.75) is 71.1 Å². The topological polar surface area (TPSA) is 76.8 Å². The van der Waals surface area contributed by atoms with Crippen molar-refractivity contribution in [2.24, 2.45) is 5.73 Å². The highest BCUT2D eigenvalue weighted by atomic mass is 16.5. The summed E-state index contributed by atoms with van der Waals surface area (Å²) in [6, 6.07) is 7.54. The average molecular weight is 408 g/mol. The van der Waals surface area contributed by atoms with Crippen molar-refractivity contribution >= 4 is 11.6 Å². The lowest BCUT2D eigenvalue weighted by molar-refractivity contribution is -0.0939. The molecular formula is C23H41N3O3. The zero-order chi connectivity index (χ0) is 22.3. The maximum atomic E-state index is 12.7. The molecule has 3 N–H and O–H groups in total. The summed E-state index contributed by atoms with van der Waals surface area (Å²) in [6.45, 7) is 13.5. The van der Waals surface area contributed by atoms with Gasteiger partial charge in [0.1, 0.15) is 0 Å². The maximum Gasteiger partial charge on any atom is 0.251 e. The molecule has 0 saturated heterocycles. The number of benzene rings is 1. The standard InChI is InChI=1S/C23H41N3O3/c1-9-23(16-24,14-15-28-21(2,3)4)29-17-22(5,6)25-20(27)18-10-12-19(13-11-18)26(7)8/h10-13H,9,14-17,24H2,1-8H3,(H,25,27). The highest BCUT2D eigenvalue weighted by Crippen LogP contribution is 2.23. The lowest BCUT2D eigenvalue weighted by Crippen LogP contribution is -2.51. The van der Waals surface area contributed by atoms with Gasteiger partial charge in [-0.2, -0.15) is 0 Å². The summed E-state index contributed by atoms with van der Waals surface area (Å²) >= 11 is 0. The van der Waals surface area contributed by atoms with Gasteiger partial charge >= 0.3 is 0 Å². The Morgan fingerprint density at radius 1 is 1.07 bits per heavy atom. The number of carbonyl (C=O) groups is 1. The molecule has 0 spiro atoms. The van der Waals surface area contributed by atoms with Gasteiger partial charge in [-0.25, -0.2) is 0 Å². The molecule has 1 unspecified atom stereocenters. The van der Waals surface area contributed by atoms with Crippen LogP contribution in [0.25, 0.3) is 0 Å². The Balaban J connectivity index is 2.69. The fraction of sp³-hybridized carbons (Fsp3) is 0.696. The van der Waals surface area contributed by atoms with Crippen LogP contribution in [0.1, 0.15) is 64.7 Å². The molecule has 0 aliphatic heterocycles. The normalized spacial score (nSPS) is 14.4. The van der Waals surface area contributed by atoms with E-state index in [4.69, 9.17) is 15.2 Å². The van der Waals surface area contributed by atoms with Crippen LogP contribution < -0.4 is 16.0 Å². The Morgan fingerprint density at radius 3 is 2.10 bits per heavy atom. The molecule has 0 fully saturated rings. The third-order valence-corrected chi connectivity index (χ3v) is 4.95. The van der Waals surface area contributed by atoms with E-state index in [9.17, 15) is 4.79 Å². The molecule has 29 heavy (non-hydrogen) atoms. The average Bonchev–Trinajstić information content (AvgIpc) is 2.63. The van der Waals surface area contributed by atoms with Gasteiger partial charge in [-0.15, -0.1) is 0 Å². The molecule has 166 valence electrons. The summed E-state index contributed by atoms with van der Waals surface area (Å²) in [5.41, 5.74) is 6.56. The third kappa shape index (κ3) is 8.72. The van der Waals surface area contributed by atoms with Gasteiger partial charge in [-0.3, -0.25) is 4.79 Å². The predicted octanol–water partition coefficient (Wildman–Crippen LogP) is 3.59. The van der Waals surface area contributed by atoms with E-state index >= 15 is 0 Å². The van der Waals surface area contributed by atoms with Crippen LogP contribution in [0.2, 0.25) is 0 Å². The molecule has 1 atom stereocenters. The van der Waals surface area contributed by atoms with Gasteiger partial charge in [0.2, 0.25) is 0 Å². The fourth-order valence-electron chi connectivity index (χ4n) is 2.86. The number of hydrogen-bond acceptors (Lipinski definition) is 5. The van der Waals surface area contributed by atoms with E-state index < -0.39 is 11.1 Å². The molecule has 0 saturated carbocycles. The molecule has 0 aromatic heterocycles. The molecule has 6 heteroatoms. The minimum absolute atomic E-state index is 0.116. The van der Waals surface area contributed by atoms with Gasteiger partial charge < -0.3 is 25.4 Å². The Morgan fingerprint density at radius 2 is 1.66 bits per heavy atom. The first kappa shape index (κ1) is 25.4. The minimum Gasteiger partial charge on any atom is -0.378 e. The molecule has 1 aromatic carbocycles. The SMILES string of the molecule is CCC(CN)(CCOC(C)(C)C)OCC(C)(C)NC(=O)c1ccc(N(C)C)cc1. The van der Waals surface area contributed by atoms with Crippen molar-refractivity contribution in [3.05, 3.63) is 29.8 Å². The lowest BCUT2D eigenvalue weighted by Gasteiger charge is -2.37. The van der Waals surface area contributed by atoms with E-state index in [1.807, 2.05) is 77.9 Å². The predicted molar refractivity (Wildman–Crippen MR) is 121 cm³/mol. The molecule has 0 heterocycles. The van der Waals surface area contributed by atoms with E-state index in [0.29, 0.717) is 31.7 Å². The fourth-order valence-corrected chi connectivity index (χ4v) is 2.86. The molecule has 6 nitrogen and oxygen atoms in total. The van der Waals surface area contributed by atoms with E-state index in [0.717, 1.165) is 12.1 Å². The lowest BCUT2D eigenvalue weighted by atomic mass is 9.95. The van der Waals surface area contributed by atoms with Gasteiger partial charge in [0.05, 0.1) is 30.0 Å². The largest absolute Gasteiger partial charge is 0.378 e. The van der Waals surface area contributed by atoms with Crippen molar-refractivity contribution in [3.8, 4) is 0 Å². The van der Waals surface area contributed by atoms with Gasteiger partial charge in [-0.05, 0) is 65.3 Å². The first-order valence-corrected chi connectivity index (χ1v) is 10.4. The second kappa shape index (κ2) is 10.4. The van der Waals surface area contributed by atoms with Gasteiger partial charge in [0.15, 0.2) is 0 Å². The summed E-state index contributed by atoms with van der Waals surface area (Å²) < 4.78 is 12.1. The minimum atomic E-state index is -0.530. The highest BCUT2D eigenvalue weighted by molar-refractivity contribution is 5.95. The van der Waals surface area contributed by atoms with E-state index in [1.54, 1.807) is 0 Å². The number of nitrogens with two attached hydrogens (primary N) is 1. The van der Waals surface area contributed by atoms with E-state index in [-0.39, 0.29) is 11.5 Å². The smallest absolute Gasteiger partial charge is 0.251 e. The molecule has 1 aromatic rings. The maximum absolute atomic E-state index is 12.7. The zero-order valence-corrected chi connectivity index (χ0v) is 19.6. The van der Waals surface area contributed by atoms with E-state index in [2.05, 4.69) is 12.2 Å². The van der Waals surface area contributed by atoms with Crippen molar-refractivity contribution in [2.75, 3.05) is 38.8 Å².